The zero-order valence-corrected chi connectivity index (χ0v) is 15.8. The standard InChI is InChI=1S/C22H22N2O4/c1-3-24-19(25)16-17(20(24)26)22(14-10-6-4-7-11-14,15-12-8-5-9-13-15)23-18(16)21(27)28-2/h4-13,16-18,23H,3H2,1-2H3/t16-,17-,18+/m1/s1. The summed E-state index contributed by atoms with van der Waals surface area (Å²) in [5.41, 5.74) is 0.673. The molecular formula is C22H22N2O4. The minimum absolute atomic E-state index is 0.260. The van der Waals surface area contributed by atoms with E-state index in [0.29, 0.717) is 0 Å². The molecule has 0 aromatic heterocycles. The average molecular weight is 378 g/mol. The van der Waals surface area contributed by atoms with Gasteiger partial charge < -0.3 is 4.74 Å². The summed E-state index contributed by atoms with van der Waals surface area (Å²) in [4.78, 5) is 40.3. The molecule has 1 N–H and O–H groups in total. The zero-order valence-electron chi connectivity index (χ0n) is 15.8. The number of likely N-dealkylation sites (tertiary alicyclic amines) is 1. The number of carbonyl (C=O) groups excluding carboxylic acids is 3. The van der Waals surface area contributed by atoms with Gasteiger partial charge in [-0.15, -0.1) is 0 Å². The molecule has 2 fully saturated rings. The molecule has 0 spiro atoms. The molecule has 3 atom stereocenters. The van der Waals surface area contributed by atoms with Gasteiger partial charge in [0.05, 0.1) is 24.5 Å². The molecule has 6 nitrogen and oxygen atoms in total. The maximum absolute atomic E-state index is 13.4. The van der Waals surface area contributed by atoms with E-state index in [4.69, 9.17) is 4.74 Å². The lowest BCUT2D eigenvalue weighted by Gasteiger charge is -2.36. The number of methoxy groups -OCH3 is 1. The maximum atomic E-state index is 13.4. The zero-order chi connectivity index (χ0) is 19.9. The van der Waals surface area contributed by atoms with Crippen LogP contribution in [0, 0.1) is 11.8 Å². The van der Waals surface area contributed by atoms with Gasteiger partial charge in [0.1, 0.15) is 6.04 Å². The van der Waals surface area contributed by atoms with Crippen LogP contribution < -0.4 is 5.32 Å². The van der Waals surface area contributed by atoms with Crippen molar-refractivity contribution < 1.29 is 19.1 Å². The summed E-state index contributed by atoms with van der Waals surface area (Å²) < 4.78 is 4.98. The summed E-state index contributed by atoms with van der Waals surface area (Å²) in [6, 6.07) is 18.1. The van der Waals surface area contributed by atoms with Crippen molar-refractivity contribution in [3.63, 3.8) is 0 Å². The molecule has 0 bridgehead atoms. The van der Waals surface area contributed by atoms with Crippen LogP contribution in [-0.2, 0) is 24.7 Å². The number of nitrogens with zero attached hydrogens (tertiary/aromatic N) is 1. The number of carbonyl (C=O) groups is 3. The molecular weight excluding hydrogens is 356 g/mol. The van der Waals surface area contributed by atoms with Crippen molar-refractivity contribution in [3.8, 4) is 0 Å². The van der Waals surface area contributed by atoms with E-state index >= 15 is 0 Å². The topological polar surface area (TPSA) is 75.7 Å². The fourth-order valence-corrected chi connectivity index (χ4v) is 4.71. The number of esters is 1. The molecule has 2 amide bonds. The van der Waals surface area contributed by atoms with Gasteiger partial charge in [0.15, 0.2) is 0 Å². The summed E-state index contributed by atoms with van der Waals surface area (Å²) in [6.45, 7) is 2.04. The van der Waals surface area contributed by atoms with Crippen molar-refractivity contribution in [2.45, 2.75) is 18.5 Å². The number of nitrogens with one attached hydrogen (secondary N) is 1. The number of fused-ring (bicyclic) bond motifs is 1. The number of hydrogen-bond acceptors (Lipinski definition) is 5. The molecule has 2 aromatic carbocycles. The van der Waals surface area contributed by atoms with E-state index in [1.54, 1.807) is 6.92 Å². The predicted octanol–water partition coefficient (Wildman–Crippen LogP) is 1.70. The Morgan fingerprint density at radius 2 is 1.54 bits per heavy atom. The van der Waals surface area contributed by atoms with Crippen molar-refractivity contribution in [1.82, 2.24) is 10.2 Å². The highest BCUT2D eigenvalue weighted by atomic mass is 16.5. The van der Waals surface area contributed by atoms with Crippen molar-refractivity contribution in [2.75, 3.05) is 13.7 Å². The van der Waals surface area contributed by atoms with E-state index < -0.39 is 29.4 Å². The number of ether oxygens (including phenoxy) is 1. The number of benzene rings is 2. The Labute approximate surface area is 163 Å². The summed E-state index contributed by atoms with van der Waals surface area (Å²) in [5, 5.41) is 3.35. The van der Waals surface area contributed by atoms with Crippen LogP contribution in [0.3, 0.4) is 0 Å². The van der Waals surface area contributed by atoms with E-state index in [1.165, 1.54) is 12.0 Å². The smallest absolute Gasteiger partial charge is 0.323 e. The van der Waals surface area contributed by atoms with Crippen LogP contribution in [0.25, 0.3) is 0 Å². The van der Waals surface area contributed by atoms with E-state index in [-0.39, 0.29) is 18.4 Å². The first-order valence-electron chi connectivity index (χ1n) is 9.38. The lowest BCUT2D eigenvalue weighted by atomic mass is 9.72. The molecule has 6 heteroatoms. The van der Waals surface area contributed by atoms with Gasteiger partial charge >= 0.3 is 5.97 Å². The predicted molar refractivity (Wildman–Crippen MR) is 102 cm³/mol. The van der Waals surface area contributed by atoms with Gasteiger partial charge in [-0.05, 0) is 18.1 Å². The highest BCUT2D eigenvalue weighted by Gasteiger charge is 2.67. The Kier molecular flexibility index (Phi) is 4.51. The number of amides is 2. The highest BCUT2D eigenvalue weighted by molar-refractivity contribution is 6.09. The van der Waals surface area contributed by atoms with Crippen LogP contribution in [0.5, 0.6) is 0 Å². The quantitative estimate of drug-likeness (QED) is 0.647. The number of hydrogen-bond donors (Lipinski definition) is 1. The second-order valence-electron chi connectivity index (χ2n) is 7.11. The molecule has 2 heterocycles. The number of rotatable bonds is 4. The average Bonchev–Trinajstić information content (AvgIpc) is 3.23. The second-order valence-corrected chi connectivity index (χ2v) is 7.11. The molecule has 2 aliphatic heterocycles. The molecule has 2 aliphatic rings. The van der Waals surface area contributed by atoms with Crippen LogP contribution in [0.4, 0.5) is 0 Å². The third-order valence-corrected chi connectivity index (χ3v) is 5.88. The summed E-state index contributed by atoms with van der Waals surface area (Å²) in [6.07, 6.45) is 0. The van der Waals surface area contributed by atoms with Crippen LogP contribution in [0.2, 0.25) is 0 Å². The van der Waals surface area contributed by atoms with Crippen molar-refractivity contribution in [1.29, 1.82) is 0 Å². The molecule has 144 valence electrons. The molecule has 28 heavy (non-hydrogen) atoms. The summed E-state index contributed by atoms with van der Waals surface area (Å²) in [5.74, 6) is -2.66. The van der Waals surface area contributed by atoms with E-state index in [9.17, 15) is 14.4 Å². The van der Waals surface area contributed by atoms with Crippen molar-refractivity contribution in [3.05, 3.63) is 71.8 Å². The molecule has 0 unspecified atom stereocenters. The lowest BCUT2D eigenvalue weighted by Crippen LogP contribution is -2.51. The third kappa shape index (κ3) is 2.41. The van der Waals surface area contributed by atoms with E-state index in [2.05, 4.69) is 5.32 Å². The van der Waals surface area contributed by atoms with Gasteiger partial charge in [-0.2, -0.15) is 0 Å². The van der Waals surface area contributed by atoms with Crippen molar-refractivity contribution in [2.24, 2.45) is 11.8 Å². The Morgan fingerprint density at radius 1 is 1.00 bits per heavy atom. The summed E-state index contributed by atoms with van der Waals surface area (Å²) >= 11 is 0. The van der Waals surface area contributed by atoms with Gasteiger partial charge in [-0.1, -0.05) is 60.7 Å². The Hall–Kier alpha value is -2.99. The van der Waals surface area contributed by atoms with Crippen LogP contribution >= 0.6 is 0 Å². The van der Waals surface area contributed by atoms with Crippen LogP contribution in [0.15, 0.2) is 60.7 Å². The monoisotopic (exact) mass is 378 g/mol. The Bertz CT molecular complexity index is 873. The van der Waals surface area contributed by atoms with Gasteiger partial charge in [-0.3, -0.25) is 24.6 Å². The van der Waals surface area contributed by atoms with Gasteiger partial charge in [0, 0.05) is 6.54 Å². The van der Waals surface area contributed by atoms with Crippen molar-refractivity contribution >= 4 is 17.8 Å². The normalized spacial score (nSPS) is 25.6. The first-order chi connectivity index (χ1) is 13.6. The minimum atomic E-state index is -0.997. The first-order valence-corrected chi connectivity index (χ1v) is 9.38. The first kappa shape index (κ1) is 18.4. The molecule has 0 saturated carbocycles. The third-order valence-electron chi connectivity index (χ3n) is 5.88. The highest BCUT2D eigenvalue weighted by Crippen LogP contribution is 2.51. The molecule has 0 aliphatic carbocycles. The minimum Gasteiger partial charge on any atom is -0.468 e. The fourth-order valence-electron chi connectivity index (χ4n) is 4.71. The van der Waals surface area contributed by atoms with Crippen LogP contribution in [-0.4, -0.2) is 42.4 Å². The largest absolute Gasteiger partial charge is 0.468 e. The Balaban J connectivity index is 1.99. The van der Waals surface area contributed by atoms with Crippen LogP contribution in [0.1, 0.15) is 18.1 Å². The Morgan fingerprint density at radius 3 is 2.00 bits per heavy atom. The molecule has 4 rings (SSSR count). The second kappa shape index (κ2) is 6.87. The van der Waals surface area contributed by atoms with Gasteiger partial charge in [0.2, 0.25) is 11.8 Å². The van der Waals surface area contributed by atoms with Gasteiger partial charge in [0.25, 0.3) is 0 Å². The molecule has 2 saturated heterocycles. The fraction of sp³-hybridized carbons (Fsp3) is 0.318. The van der Waals surface area contributed by atoms with E-state index in [0.717, 1.165) is 11.1 Å². The lowest BCUT2D eigenvalue weighted by molar-refractivity contribution is -0.148. The summed E-state index contributed by atoms with van der Waals surface area (Å²) in [7, 11) is 1.29. The number of imide groups is 1. The van der Waals surface area contributed by atoms with E-state index in [1.807, 2.05) is 60.7 Å². The maximum Gasteiger partial charge on any atom is 0.323 e. The molecule has 2 aromatic rings. The molecule has 0 radical (unpaired) electrons. The van der Waals surface area contributed by atoms with Gasteiger partial charge in [-0.25, -0.2) is 0 Å². The SMILES string of the molecule is CCN1C(=O)[C@H]2[C@@H](C(=O)OC)NC(c3ccccc3)(c3ccccc3)[C@H]2C1=O.